The smallest absolute Gasteiger partial charge is 0.311 e. The Bertz CT molecular complexity index is 833. The van der Waals surface area contributed by atoms with Gasteiger partial charge >= 0.3 is 5.69 Å². The summed E-state index contributed by atoms with van der Waals surface area (Å²) < 4.78 is 5.18. The molecule has 0 heterocycles. The number of phenolic OH excluding ortho intramolecular Hbond substituents is 1. The molecule has 0 fully saturated rings. The number of carbonyl (C=O) groups is 1. The summed E-state index contributed by atoms with van der Waals surface area (Å²) in [6.07, 6.45) is 1.30. The van der Waals surface area contributed by atoms with Crippen molar-refractivity contribution in [2.24, 2.45) is 5.10 Å². The van der Waals surface area contributed by atoms with E-state index >= 15 is 0 Å². The second-order valence-corrected chi connectivity index (χ2v) is 5.37. The molecule has 2 aromatic carbocycles. The molecule has 130 valence electrons. The lowest BCUT2D eigenvalue weighted by molar-refractivity contribution is -0.385. The molecule has 25 heavy (non-hydrogen) atoms. The minimum Gasteiger partial charge on any atom is -0.507 e. The first-order valence-corrected chi connectivity index (χ1v) is 7.36. The number of aryl methyl sites for hydroxylation is 2. The third kappa shape index (κ3) is 5.03. The Morgan fingerprint density at radius 1 is 1.28 bits per heavy atom. The van der Waals surface area contributed by atoms with Crippen molar-refractivity contribution in [2.45, 2.75) is 13.8 Å². The van der Waals surface area contributed by atoms with E-state index < -0.39 is 17.4 Å². The molecule has 0 radical (unpaired) electrons. The SMILES string of the molecule is Cc1ccc(O)c(/C=N\NC(=O)COc2ccc(C)cc2[N+](=O)[O-])c1. The van der Waals surface area contributed by atoms with Gasteiger partial charge in [0.05, 0.1) is 11.1 Å². The Morgan fingerprint density at radius 2 is 1.96 bits per heavy atom. The predicted molar refractivity (Wildman–Crippen MR) is 91.9 cm³/mol. The molecule has 1 amide bonds. The van der Waals surface area contributed by atoms with Crippen molar-refractivity contribution in [1.82, 2.24) is 5.43 Å². The zero-order chi connectivity index (χ0) is 18.4. The van der Waals surface area contributed by atoms with Crippen molar-refractivity contribution in [1.29, 1.82) is 0 Å². The summed E-state index contributed by atoms with van der Waals surface area (Å²) in [4.78, 5) is 22.1. The van der Waals surface area contributed by atoms with Gasteiger partial charge in [-0.05, 0) is 37.6 Å². The molecular formula is C17H17N3O5. The van der Waals surface area contributed by atoms with Gasteiger partial charge in [0.1, 0.15) is 5.75 Å². The van der Waals surface area contributed by atoms with Crippen LogP contribution in [-0.4, -0.2) is 28.8 Å². The van der Waals surface area contributed by atoms with Gasteiger partial charge in [-0.1, -0.05) is 17.7 Å². The minimum atomic E-state index is -0.585. The molecule has 0 bridgehead atoms. The van der Waals surface area contributed by atoms with E-state index in [4.69, 9.17) is 4.74 Å². The van der Waals surface area contributed by atoms with Gasteiger partial charge in [0, 0.05) is 11.6 Å². The van der Waals surface area contributed by atoms with Crippen molar-refractivity contribution < 1.29 is 19.6 Å². The zero-order valence-electron chi connectivity index (χ0n) is 13.7. The van der Waals surface area contributed by atoms with Crippen LogP contribution < -0.4 is 10.2 Å². The van der Waals surface area contributed by atoms with Crippen molar-refractivity contribution in [3.63, 3.8) is 0 Å². The molecule has 0 aliphatic rings. The van der Waals surface area contributed by atoms with E-state index in [1.165, 1.54) is 24.4 Å². The second-order valence-electron chi connectivity index (χ2n) is 5.37. The topological polar surface area (TPSA) is 114 Å². The van der Waals surface area contributed by atoms with Gasteiger partial charge in [-0.15, -0.1) is 0 Å². The first-order valence-electron chi connectivity index (χ1n) is 7.36. The summed E-state index contributed by atoms with van der Waals surface area (Å²) in [6.45, 7) is 3.15. The Labute approximate surface area is 143 Å². The maximum absolute atomic E-state index is 11.7. The number of ether oxygens (including phenoxy) is 1. The summed E-state index contributed by atoms with van der Waals surface area (Å²) >= 11 is 0. The van der Waals surface area contributed by atoms with Gasteiger partial charge in [0.2, 0.25) is 0 Å². The van der Waals surface area contributed by atoms with Crippen LogP contribution in [0.4, 0.5) is 5.69 Å². The molecule has 0 spiro atoms. The van der Waals surface area contributed by atoms with Crippen LogP contribution in [0.15, 0.2) is 41.5 Å². The fourth-order valence-electron chi connectivity index (χ4n) is 2.02. The quantitative estimate of drug-likeness (QED) is 0.475. The molecule has 8 nitrogen and oxygen atoms in total. The standard InChI is InChI=1S/C17H17N3O5/c1-11-3-5-15(21)13(7-11)9-18-19-17(22)10-25-16-6-4-12(2)8-14(16)20(23)24/h3-9,21H,10H2,1-2H3,(H,19,22)/b18-9-. The number of nitrogens with zero attached hydrogens (tertiary/aromatic N) is 2. The number of hydrazone groups is 1. The molecule has 0 aliphatic carbocycles. The van der Waals surface area contributed by atoms with Gasteiger partial charge in [0.25, 0.3) is 5.91 Å². The Balaban J connectivity index is 1.94. The van der Waals surface area contributed by atoms with Gasteiger partial charge < -0.3 is 9.84 Å². The van der Waals surface area contributed by atoms with Crippen molar-refractivity contribution in [2.75, 3.05) is 6.61 Å². The first kappa shape index (κ1) is 17.9. The number of hydrogen-bond acceptors (Lipinski definition) is 6. The molecule has 0 saturated carbocycles. The number of benzene rings is 2. The summed E-state index contributed by atoms with van der Waals surface area (Å²) in [5.74, 6) is -0.542. The lowest BCUT2D eigenvalue weighted by Gasteiger charge is -2.06. The van der Waals surface area contributed by atoms with E-state index in [1.807, 2.05) is 6.92 Å². The Hall–Kier alpha value is -3.42. The van der Waals surface area contributed by atoms with Crippen LogP contribution in [0.1, 0.15) is 16.7 Å². The van der Waals surface area contributed by atoms with E-state index in [2.05, 4.69) is 10.5 Å². The van der Waals surface area contributed by atoms with Gasteiger partial charge in [-0.2, -0.15) is 5.10 Å². The summed E-state index contributed by atoms with van der Waals surface area (Å²) in [7, 11) is 0. The third-order valence-electron chi connectivity index (χ3n) is 3.25. The number of aromatic hydroxyl groups is 1. The highest BCUT2D eigenvalue weighted by Crippen LogP contribution is 2.27. The molecule has 0 saturated heterocycles. The van der Waals surface area contributed by atoms with E-state index in [9.17, 15) is 20.0 Å². The highest BCUT2D eigenvalue weighted by molar-refractivity contribution is 5.85. The number of nitrogens with one attached hydrogen (secondary N) is 1. The lowest BCUT2D eigenvalue weighted by Crippen LogP contribution is -2.24. The van der Waals surface area contributed by atoms with Crippen LogP contribution in [0.2, 0.25) is 0 Å². The van der Waals surface area contributed by atoms with Crippen molar-refractivity contribution in [3.8, 4) is 11.5 Å². The number of phenols is 1. The molecule has 2 N–H and O–H groups in total. The number of rotatable bonds is 6. The third-order valence-corrected chi connectivity index (χ3v) is 3.25. The van der Waals surface area contributed by atoms with Gasteiger partial charge in [0.15, 0.2) is 12.4 Å². The fourth-order valence-corrected chi connectivity index (χ4v) is 2.02. The highest BCUT2D eigenvalue weighted by atomic mass is 16.6. The average molecular weight is 343 g/mol. The molecule has 2 rings (SSSR count). The fraction of sp³-hybridized carbons (Fsp3) is 0.176. The maximum Gasteiger partial charge on any atom is 0.311 e. The normalized spacial score (nSPS) is 10.6. The Morgan fingerprint density at radius 3 is 2.68 bits per heavy atom. The van der Waals surface area contributed by atoms with Crippen LogP contribution in [0.25, 0.3) is 0 Å². The summed E-state index contributed by atoms with van der Waals surface area (Å²) in [5, 5.41) is 24.4. The number of nitro benzene ring substituents is 1. The molecule has 2 aromatic rings. The molecule has 0 atom stereocenters. The van der Waals surface area contributed by atoms with Gasteiger partial charge in [-0.25, -0.2) is 5.43 Å². The molecule has 0 aromatic heterocycles. The van der Waals surface area contributed by atoms with Crippen LogP contribution in [0.3, 0.4) is 0 Å². The highest BCUT2D eigenvalue weighted by Gasteiger charge is 2.16. The Kier molecular flexibility index (Phi) is 5.67. The number of amides is 1. The predicted octanol–water partition coefficient (Wildman–Crippen LogP) is 2.45. The van der Waals surface area contributed by atoms with E-state index in [0.29, 0.717) is 11.1 Å². The van der Waals surface area contributed by atoms with Crippen LogP contribution in [0.5, 0.6) is 11.5 Å². The van der Waals surface area contributed by atoms with E-state index in [0.717, 1.165) is 5.56 Å². The molecular weight excluding hydrogens is 326 g/mol. The van der Waals surface area contributed by atoms with Crippen LogP contribution >= 0.6 is 0 Å². The van der Waals surface area contributed by atoms with E-state index in [-0.39, 0.29) is 17.2 Å². The molecule has 0 unspecified atom stereocenters. The summed E-state index contributed by atoms with van der Waals surface area (Å²) in [6, 6.07) is 9.43. The van der Waals surface area contributed by atoms with E-state index in [1.54, 1.807) is 25.1 Å². The summed E-state index contributed by atoms with van der Waals surface area (Å²) in [5.41, 5.74) is 4.12. The number of nitro groups is 1. The van der Waals surface area contributed by atoms with Gasteiger partial charge in [-0.3, -0.25) is 14.9 Å². The lowest BCUT2D eigenvalue weighted by atomic mass is 10.1. The zero-order valence-corrected chi connectivity index (χ0v) is 13.7. The molecule has 8 heteroatoms. The average Bonchev–Trinajstić information content (AvgIpc) is 2.56. The number of hydrogen-bond donors (Lipinski definition) is 2. The van der Waals surface area contributed by atoms with Crippen LogP contribution in [0, 0.1) is 24.0 Å². The maximum atomic E-state index is 11.7. The first-order chi connectivity index (χ1) is 11.9. The largest absolute Gasteiger partial charge is 0.507 e. The molecule has 0 aliphatic heterocycles. The van der Waals surface area contributed by atoms with Crippen molar-refractivity contribution in [3.05, 3.63) is 63.2 Å². The van der Waals surface area contributed by atoms with Crippen molar-refractivity contribution >= 4 is 17.8 Å². The number of carbonyl (C=O) groups excluding carboxylic acids is 1. The second kappa shape index (κ2) is 7.91. The van der Waals surface area contributed by atoms with Crippen LogP contribution in [-0.2, 0) is 4.79 Å². The minimum absolute atomic E-state index is 0.00561. The monoisotopic (exact) mass is 343 g/mol.